The highest BCUT2D eigenvalue weighted by Gasteiger charge is 2.09. The topological polar surface area (TPSA) is 41.4 Å². The summed E-state index contributed by atoms with van der Waals surface area (Å²) in [5, 5.41) is 8.59. The molecule has 132 valence electrons. The van der Waals surface area contributed by atoms with Crippen LogP contribution in [-0.4, -0.2) is 22.4 Å². The largest absolute Gasteiger partial charge is 0.358 e. The molecule has 2 N–H and O–H groups in total. The van der Waals surface area contributed by atoms with Crippen LogP contribution in [0.4, 0.5) is 4.39 Å². The highest BCUT2D eigenvalue weighted by atomic mass is 32.1. The third kappa shape index (κ3) is 4.15. The quantitative estimate of drug-likeness (QED) is 0.302. The molecular weight excluding hydrogens is 347 g/mol. The number of nitrogens with one attached hydrogen (secondary N) is 2. The summed E-state index contributed by atoms with van der Waals surface area (Å²) in [6.45, 7) is 4.65. The number of nitrogens with zero attached hydrogens (tertiary/aromatic N) is 2. The molecule has 3 aromatic rings. The molecule has 0 bridgehead atoms. The van der Waals surface area contributed by atoms with Crippen molar-refractivity contribution in [1.82, 2.24) is 15.3 Å². The minimum absolute atomic E-state index is 0.208. The molecule has 1 heterocycles. The number of hydrazone groups is 1. The van der Waals surface area contributed by atoms with Crippen LogP contribution in [-0.2, 0) is 6.54 Å². The van der Waals surface area contributed by atoms with Gasteiger partial charge in [-0.2, -0.15) is 5.10 Å². The predicted octanol–water partition coefficient (Wildman–Crippen LogP) is 3.81. The van der Waals surface area contributed by atoms with Crippen LogP contribution in [0.25, 0.3) is 10.9 Å². The first-order valence-electron chi connectivity index (χ1n) is 8.18. The molecule has 0 aliphatic heterocycles. The zero-order valence-electron chi connectivity index (χ0n) is 14.2. The van der Waals surface area contributed by atoms with E-state index in [0.29, 0.717) is 23.8 Å². The van der Waals surface area contributed by atoms with Crippen LogP contribution in [0.5, 0.6) is 0 Å². The summed E-state index contributed by atoms with van der Waals surface area (Å²) in [4.78, 5) is 0. The Morgan fingerprint density at radius 3 is 2.77 bits per heavy atom. The number of rotatable bonds is 6. The van der Waals surface area contributed by atoms with Crippen molar-refractivity contribution < 1.29 is 4.39 Å². The van der Waals surface area contributed by atoms with Crippen molar-refractivity contribution in [2.24, 2.45) is 5.10 Å². The van der Waals surface area contributed by atoms with Crippen molar-refractivity contribution in [3.8, 4) is 0 Å². The van der Waals surface area contributed by atoms with Crippen molar-refractivity contribution in [3.63, 3.8) is 0 Å². The number of halogens is 1. The van der Waals surface area contributed by atoms with Gasteiger partial charge in [-0.25, -0.2) is 4.39 Å². The summed E-state index contributed by atoms with van der Waals surface area (Å²) >= 11 is 5.11. The smallest absolute Gasteiger partial charge is 0.187 e. The van der Waals surface area contributed by atoms with E-state index in [2.05, 4.69) is 22.4 Å². The van der Waals surface area contributed by atoms with Gasteiger partial charge in [-0.15, -0.1) is 6.58 Å². The average Bonchev–Trinajstić information content (AvgIpc) is 3.00. The number of aromatic nitrogens is 1. The van der Waals surface area contributed by atoms with Crippen LogP contribution in [0.1, 0.15) is 11.1 Å². The molecule has 3 rings (SSSR count). The first-order chi connectivity index (χ1) is 12.7. The fourth-order valence-corrected chi connectivity index (χ4v) is 2.82. The van der Waals surface area contributed by atoms with Gasteiger partial charge in [0.1, 0.15) is 5.82 Å². The van der Waals surface area contributed by atoms with Gasteiger partial charge in [0.25, 0.3) is 0 Å². The molecule has 0 radical (unpaired) electrons. The molecule has 2 aromatic carbocycles. The summed E-state index contributed by atoms with van der Waals surface area (Å²) in [5.74, 6) is -0.208. The fraction of sp³-hybridized carbons (Fsp3) is 0.100. The SMILES string of the molecule is C=CCNC(=S)N/N=C/c1cn(Cc2ccccc2F)c2ccccc12. The van der Waals surface area contributed by atoms with Gasteiger partial charge in [0, 0.05) is 34.8 Å². The first-order valence-corrected chi connectivity index (χ1v) is 8.59. The molecule has 0 aliphatic rings. The number of thiocarbonyl (C=S) groups is 1. The maximum Gasteiger partial charge on any atom is 0.187 e. The Hall–Kier alpha value is -2.99. The van der Waals surface area contributed by atoms with E-state index < -0.39 is 0 Å². The second-order valence-corrected chi connectivity index (χ2v) is 6.10. The lowest BCUT2D eigenvalue weighted by molar-refractivity contribution is 0.602. The van der Waals surface area contributed by atoms with E-state index in [9.17, 15) is 4.39 Å². The number of fused-ring (bicyclic) bond motifs is 1. The van der Waals surface area contributed by atoms with E-state index in [-0.39, 0.29) is 5.82 Å². The normalized spacial score (nSPS) is 11.0. The van der Waals surface area contributed by atoms with Crippen LogP contribution < -0.4 is 10.7 Å². The number of para-hydroxylation sites is 1. The molecule has 26 heavy (non-hydrogen) atoms. The van der Waals surface area contributed by atoms with Gasteiger partial charge in [-0.1, -0.05) is 42.5 Å². The molecule has 0 unspecified atom stereocenters. The maximum atomic E-state index is 14.0. The van der Waals surface area contributed by atoms with Crippen LogP contribution in [0.2, 0.25) is 0 Å². The Kier molecular flexibility index (Phi) is 5.76. The van der Waals surface area contributed by atoms with E-state index in [4.69, 9.17) is 12.2 Å². The molecule has 0 saturated heterocycles. The molecule has 0 aliphatic carbocycles. The van der Waals surface area contributed by atoms with E-state index >= 15 is 0 Å². The second-order valence-electron chi connectivity index (χ2n) is 5.69. The van der Waals surface area contributed by atoms with Gasteiger partial charge >= 0.3 is 0 Å². The molecule has 0 amide bonds. The summed E-state index contributed by atoms with van der Waals surface area (Å²) in [6, 6.07) is 14.8. The summed E-state index contributed by atoms with van der Waals surface area (Å²) in [6.07, 6.45) is 5.39. The number of benzene rings is 2. The zero-order chi connectivity index (χ0) is 18.4. The third-order valence-corrected chi connectivity index (χ3v) is 4.13. The molecule has 6 heteroatoms. The Balaban J connectivity index is 1.84. The predicted molar refractivity (Wildman–Crippen MR) is 109 cm³/mol. The Bertz CT molecular complexity index is 961. The van der Waals surface area contributed by atoms with Gasteiger partial charge in [-0.3, -0.25) is 5.43 Å². The van der Waals surface area contributed by atoms with E-state index in [0.717, 1.165) is 16.5 Å². The highest BCUT2D eigenvalue weighted by Crippen LogP contribution is 2.21. The molecular formula is C20H19FN4S. The van der Waals surface area contributed by atoms with Crippen LogP contribution in [0.3, 0.4) is 0 Å². The standard InChI is InChI=1S/C20H19FN4S/c1-2-11-22-20(26)24-23-12-16-14-25(19-10-6-4-8-17(16)19)13-15-7-3-5-9-18(15)21/h2-10,12,14H,1,11,13H2,(H2,22,24,26)/b23-12+. The zero-order valence-corrected chi connectivity index (χ0v) is 15.0. The minimum Gasteiger partial charge on any atom is -0.358 e. The van der Waals surface area contributed by atoms with Gasteiger partial charge < -0.3 is 9.88 Å². The molecule has 0 spiro atoms. The monoisotopic (exact) mass is 366 g/mol. The van der Waals surface area contributed by atoms with Gasteiger partial charge in [0.2, 0.25) is 0 Å². The second kappa shape index (κ2) is 8.40. The summed E-state index contributed by atoms with van der Waals surface area (Å²) < 4.78 is 16.0. The molecule has 1 aromatic heterocycles. The summed E-state index contributed by atoms with van der Waals surface area (Å²) in [5.41, 5.74) is 5.36. The van der Waals surface area contributed by atoms with E-state index in [1.54, 1.807) is 24.4 Å². The van der Waals surface area contributed by atoms with Gasteiger partial charge in [0.05, 0.1) is 12.8 Å². The Morgan fingerprint density at radius 2 is 1.96 bits per heavy atom. The van der Waals surface area contributed by atoms with E-state index in [1.807, 2.05) is 41.1 Å². The maximum absolute atomic E-state index is 14.0. The van der Waals surface area contributed by atoms with Crippen molar-refractivity contribution in [1.29, 1.82) is 0 Å². The molecule has 0 saturated carbocycles. The van der Waals surface area contributed by atoms with Crippen LogP contribution >= 0.6 is 12.2 Å². The van der Waals surface area contributed by atoms with Crippen molar-refractivity contribution in [2.45, 2.75) is 6.54 Å². The van der Waals surface area contributed by atoms with Gasteiger partial charge in [0.15, 0.2) is 5.11 Å². The molecule has 4 nitrogen and oxygen atoms in total. The lowest BCUT2D eigenvalue weighted by Crippen LogP contribution is -2.31. The lowest BCUT2D eigenvalue weighted by atomic mass is 10.2. The van der Waals surface area contributed by atoms with Crippen molar-refractivity contribution in [2.75, 3.05) is 6.54 Å². The van der Waals surface area contributed by atoms with E-state index in [1.165, 1.54) is 6.07 Å². The average molecular weight is 366 g/mol. The van der Waals surface area contributed by atoms with Gasteiger partial charge in [-0.05, 0) is 24.4 Å². The number of hydrogen-bond donors (Lipinski definition) is 2. The molecule has 0 atom stereocenters. The Labute approximate surface area is 157 Å². The highest BCUT2D eigenvalue weighted by molar-refractivity contribution is 7.80. The van der Waals surface area contributed by atoms with Crippen molar-refractivity contribution in [3.05, 3.63) is 84.3 Å². The number of hydrogen-bond acceptors (Lipinski definition) is 2. The minimum atomic E-state index is -0.208. The molecule has 0 fully saturated rings. The Morgan fingerprint density at radius 1 is 1.19 bits per heavy atom. The first kappa shape index (κ1) is 17.8. The third-order valence-electron chi connectivity index (χ3n) is 3.89. The summed E-state index contributed by atoms with van der Waals surface area (Å²) in [7, 11) is 0. The fourth-order valence-electron chi connectivity index (χ4n) is 2.68. The van der Waals surface area contributed by atoms with Crippen molar-refractivity contribution >= 4 is 34.4 Å². The van der Waals surface area contributed by atoms with Crippen LogP contribution in [0, 0.1) is 5.82 Å². The lowest BCUT2D eigenvalue weighted by Gasteiger charge is -2.06. The van der Waals surface area contributed by atoms with Crippen LogP contribution in [0.15, 0.2) is 72.5 Å².